The standard InChI is InChI=1S/C11H11F4NO/c12-10(13)11(14,15)17-8-3-1-2-7(6-8)9-4-5-16-9/h1-3,6,9-10,16H,4-5H2/t9-/m0/s1. The Morgan fingerprint density at radius 2 is 2.06 bits per heavy atom. The van der Waals surface area contributed by atoms with E-state index in [1.807, 2.05) is 0 Å². The van der Waals surface area contributed by atoms with Gasteiger partial charge in [0.25, 0.3) is 0 Å². The molecule has 1 aromatic carbocycles. The lowest BCUT2D eigenvalue weighted by molar-refractivity contribution is -0.253. The molecule has 1 saturated heterocycles. The van der Waals surface area contributed by atoms with Gasteiger partial charge in [0.05, 0.1) is 0 Å². The first-order valence-corrected chi connectivity index (χ1v) is 5.17. The van der Waals surface area contributed by atoms with Gasteiger partial charge in [-0.3, -0.25) is 0 Å². The van der Waals surface area contributed by atoms with Crippen molar-refractivity contribution in [1.82, 2.24) is 5.32 Å². The molecule has 1 aliphatic heterocycles. The fourth-order valence-electron chi connectivity index (χ4n) is 1.57. The van der Waals surface area contributed by atoms with Crippen molar-refractivity contribution >= 4 is 0 Å². The average molecular weight is 249 g/mol. The largest absolute Gasteiger partial charge is 0.461 e. The number of alkyl halides is 4. The van der Waals surface area contributed by atoms with E-state index in [0.717, 1.165) is 18.5 Å². The van der Waals surface area contributed by atoms with Crippen LogP contribution < -0.4 is 10.1 Å². The van der Waals surface area contributed by atoms with E-state index in [0.29, 0.717) is 0 Å². The van der Waals surface area contributed by atoms with Crippen LogP contribution in [-0.4, -0.2) is 19.1 Å². The summed E-state index contributed by atoms with van der Waals surface area (Å²) in [5.74, 6) is -0.249. The fourth-order valence-corrected chi connectivity index (χ4v) is 1.57. The Balaban J connectivity index is 2.10. The Labute approximate surface area is 95.6 Å². The summed E-state index contributed by atoms with van der Waals surface area (Å²) in [6, 6.07) is 5.93. The predicted octanol–water partition coefficient (Wildman–Crippen LogP) is 2.96. The van der Waals surface area contributed by atoms with Crippen molar-refractivity contribution < 1.29 is 22.3 Å². The van der Waals surface area contributed by atoms with Gasteiger partial charge in [-0.15, -0.1) is 0 Å². The topological polar surface area (TPSA) is 21.3 Å². The second-order valence-corrected chi connectivity index (χ2v) is 3.83. The van der Waals surface area contributed by atoms with Crippen LogP contribution in [0.2, 0.25) is 0 Å². The van der Waals surface area contributed by atoms with Crippen molar-refractivity contribution in [3.8, 4) is 5.75 Å². The Bertz CT molecular complexity index is 393. The van der Waals surface area contributed by atoms with E-state index in [4.69, 9.17) is 0 Å². The van der Waals surface area contributed by atoms with Gasteiger partial charge in [-0.05, 0) is 30.7 Å². The number of halogens is 4. The minimum Gasteiger partial charge on any atom is -0.428 e. The fraction of sp³-hybridized carbons (Fsp3) is 0.455. The molecule has 1 heterocycles. The van der Waals surface area contributed by atoms with Gasteiger partial charge < -0.3 is 10.1 Å². The van der Waals surface area contributed by atoms with Crippen LogP contribution in [0.5, 0.6) is 5.75 Å². The molecular weight excluding hydrogens is 238 g/mol. The number of nitrogens with one attached hydrogen (secondary N) is 1. The van der Waals surface area contributed by atoms with E-state index in [9.17, 15) is 17.6 Å². The first-order valence-electron chi connectivity index (χ1n) is 5.17. The molecule has 0 unspecified atom stereocenters. The zero-order valence-corrected chi connectivity index (χ0v) is 8.80. The highest BCUT2D eigenvalue weighted by Crippen LogP contribution is 2.30. The molecule has 0 aliphatic carbocycles. The molecule has 6 heteroatoms. The molecule has 17 heavy (non-hydrogen) atoms. The molecule has 2 nitrogen and oxygen atoms in total. The zero-order valence-electron chi connectivity index (χ0n) is 8.80. The quantitative estimate of drug-likeness (QED) is 0.828. The minimum absolute atomic E-state index is 0.0960. The highest BCUT2D eigenvalue weighted by atomic mass is 19.3. The van der Waals surface area contributed by atoms with Crippen molar-refractivity contribution in [3.63, 3.8) is 0 Å². The van der Waals surface area contributed by atoms with E-state index in [1.54, 1.807) is 6.07 Å². The molecule has 1 aromatic rings. The average Bonchev–Trinajstić information content (AvgIpc) is 2.14. The Morgan fingerprint density at radius 1 is 1.35 bits per heavy atom. The Hall–Kier alpha value is -1.30. The SMILES string of the molecule is FC(F)C(F)(F)Oc1cccc([C@@H]2CCN2)c1. The van der Waals surface area contributed by atoms with E-state index in [1.165, 1.54) is 18.2 Å². The van der Waals surface area contributed by atoms with E-state index < -0.39 is 12.5 Å². The van der Waals surface area contributed by atoms with Gasteiger partial charge in [0.1, 0.15) is 5.75 Å². The molecule has 0 spiro atoms. The Morgan fingerprint density at radius 3 is 2.59 bits per heavy atom. The lowest BCUT2D eigenvalue weighted by Crippen LogP contribution is -2.35. The normalized spacial score (nSPS) is 20.2. The molecule has 0 radical (unpaired) electrons. The third-order valence-electron chi connectivity index (χ3n) is 2.59. The highest BCUT2D eigenvalue weighted by Gasteiger charge is 2.44. The molecule has 1 aliphatic rings. The molecule has 94 valence electrons. The van der Waals surface area contributed by atoms with Crippen molar-refractivity contribution in [1.29, 1.82) is 0 Å². The molecule has 0 saturated carbocycles. The number of benzene rings is 1. The summed E-state index contributed by atoms with van der Waals surface area (Å²) in [6.45, 7) is 0.864. The van der Waals surface area contributed by atoms with E-state index in [2.05, 4.69) is 10.1 Å². The third-order valence-corrected chi connectivity index (χ3v) is 2.59. The first-order chi connectivity index (χ1) is 7.99. The molecule has 2 rings (SSSR count). The van der Waals surface area contributed by atoms with Crippen molar-refractivity contribution in [2.24, 2.45) is 0 Å². The molecule has 0 aromatic heterocycles. The maximum atomic E-state index is 12.7. The van der Waals surface area contributed by atoms with E-state index >= 15 is 0 Å². The van der Waals surface area contributed by atoms with Gasteiger partial charge >= 0.3 is 12.5 Å². The summed E-state index contributed by atoms with van der Waals surface area (Å²) in [7, 11) is 0. The van der Waals surface area contributed by atoms with Crippen LogP contribution in [0.15, 0.2) is 24.3 Å². The van der Waals surface area contributed by atoms with Crippen molar-refractivity contribution in [2.75, 3.05) is 6.54 Å². The number of hydrogen-bond acceptors (Lipinski definition) is 2. The summed E-state index contributed by atoms with van der Waals surface area (Å²) in [4.78, 5) is 0. The van der Waals surface area contributed by atoms with Gasteiger partial charge in [0.15, 0.2) is 0 Å². The van der Waals surface area contributed by atoms with Gasteiger partial charge in [-0.1, -0.05) is 12.1 Å². The van der Waals surface area contributed by atoms with Crippen molar-refractivity contribution in [2.45, 2.75) is 25.0 Å². The smallest absolute Gasteiger partial charge is 0.428 e. The summed E-state index contributed by atoms with van der Waals surface area (Å²) in [5, 5.41) is 3.08. The van der Waals surface area contributed by atoms with Gasteiger partial charge in [0, 0.05) is 6.04 Å². The Kier molecular flexibility index (Phi) is 3.24. The molecule has 0 bridgehead atoms. The number of ether oxygens (including phenoxy) is 1. The maximum absolute atomic E-state index is 12.7. The number of hydrogen-bond donors (Lipinski definition) is 1. The lowest BCUT2D eigenvalue weighted by atomic mass is 9.98. The summed E-state index contributed by atoms with van der Waals surface area (Å²) < 4.78 is 53.3. The minimum atomic E-state index is -4.45. The third kappa shape index (κ3) is 2.69. The van der Waals surface area contributed by atoms with Crippen LogP contribution in [0.3, 0.4) is 0 Å². The molecule has 1 fully saturated rings. The molecule has 1 N–H and O–H groups in total. The first kappa shape index (κ1) is 12.2. The zero-order chi connectivity index (χ0) is 12.5. The molecule has 1 atom stereocenters. The summed E-state index contributed by atoms with van der Waals surface area (Å²) in [6.07, 6.45) is -7.40. The van der Waals surface area contributed by atoms with Crippen LogP contribution >= 0.6 is 0 Å². The van der Waals surface area contributed by atoms with Crippen LogP contribution in [0.25, 0.3) is 0 Å². The molecule has 0 amide bonds. The monoisotopic (exact) mass is 249 g/mol. The lowest BCUT2D eigenvalue weighted by Gasteiger charge is -2.28. The second kappa shape index (κ2) is 4.52. The molecular formula is C11H11F4NO. The van der Waals surface area contributed by atoms with Gasteiger partial charge in [-0.25, -0.2) is 0 Å². The van der Waals surface area contributed by atoms with Crippen LogP contribution in [-0.2, 0) is 0 Å². The van der Waals surface area contributed by atoms with E-state index in [-0.39, 0.29) is 11.8 Å². The van der Waals surface area contributed by atoms with Crippen molar-refractivity contribution in [3.05, 3.63) is 29.8 Å². The van der Waals surface area contributed by atoms with Crippen LogP contribution in [0.1, 0.15) is 18.0 Å². The predicted molar refractivity (Wildman–Crippen MR) is 53.4 cm³/mol. The number of rotatable bonds is 4. The van der Waals surface area contributed by atoms with Crippen LogP contribution in [0, 0.1) is 0 Å². The summed E-state index contributed by atoms with van der Waals surface area (Å²) >= 11 is 0. The summed E-state index contributed by atoms with van der Waals surface area (Å²) in [5.41, 5.74) is 0.763. The maximum Gasteiger partial charge on any atom is 0.461 e. The van der Waals surface area contributed by atoms with Crippen LogP contribution in [0.4, 0.5) is 17.6 Å². The van der Waals surface area contributed by atoms with Gasteiger partial charge in [0.2, 0.25) is 0 Å². The highest BCUT2D eigenvalue weighted by molar-refractivity contribution is 5.31. The van der Waals surface area contributed by atoms with Gasteiger partial charge in [-0.2, -0.15) is 17.6 Å². The second-order valence-electron chi connectivity index (χ2n) is 3.83.